The molecular weight excluding hydrogens is 229 g/mol. The first kappa shape index (κ1) is 11.8. The minimum atomic E-state index is -4.62. The Labute approximate surface area is 89.2 Å². The highest BCUT2D eigenvalue weighted by molar-refractivity contribution is 6.30. The van der Waals surface area contributed by atoms with Crippen LogP contribution in [-0.4, -0.2) is 12.5 Å². The van der Waals surface area contributed by atoms with Crippen LogP contribution in [0.3, 0.4) is 0 Å². The van der Waals surface area contributed by atoms with Gasteiger partial charge in [-0.1, -0.05) is 23.7 Å². The molecule has 0 fully saturated rings. The van der Waals surface area contributed by atoms with Crippen molar-refractivity contribution in [2.45, 2.75) is 6.18 Å². The Kier molecular flexibility index (Phi) is 3.52. The number of rotatable bonds is 2. The first-order chi connectivity index (χ1) is 6.93. The van der Waals surface area contributed by atoms with E-state index in [2.05, 4.69) is 0 Å². The minimum Gasteiger partial charge on any atom is -0.298 e. The molecule has 0 saturated heterocycles. The van der Waals surface area contributed by atoms with Gasteiger partial charge in [0.2, 0.25) is 0 Å². The van der Waals surface area contributed by atoms with Crippen molar-refractivity contribution in [1.82, 2.24) is 0 Å². The topological polar surface area (TPSA) is 17.1 Å². The van der Waals surface area contributed by atoms with Gasteiger partial charge in [-0.05, 0) is 23.8 Å². The first-order valence-corrected chi connectivity index (χ1v) is 4.31. The lowest BCUT2D eigenvalue weighted by Gasteiger charge is -2.04. The Morgan fingerprint density at radius 3 is 2.13 bits per heavy atom. The van der Waals surface area contributed by atoms with Crippen LogP contribution in [-0.2, 0) is 4.79 Å². The van der Waals surface area contributed by atoms with Gasteiger partial charge in [-0.3, -0.25) is 4.79 Å². The molecule has 0 aliphatic rings. The number of benzene rings is 1. The van der Waals surface area contributed by atoms with Crippen molar-refractivity contribution in [3.05, 3.63) is 40.4 Å². The van der Waals surface area contributed by atoms with Crippen molar-refractivity contribution in [2.75, 3.05) is 0 Å². The molecule has 0 radical (unpaired) electrons. The van der Waals surface area contributed by atoms with Gasteiger partial charge in [0.25, 0.3) is 0 Å². The maximum atomic E-state index is 12.2. The van der Waals surface area contributed by atoms with Crippen molar-refractivity contribution in [3.63, 3.8) is 0 Å². The van der Waals surface area contributed by atoms with E-state index in [-0.39, 0.29) is 11.8 Å². The van der Waals surface area contributed by atoms with E-state index in [1.54, 1.807) is 0 Å². The highest BCUT2D eigenvalue weighted by Gasteiger charge is 2.33. The van der Waals surface area contributed by atoms with Crippen molar-refractivity contribution in [3.8, 4) is 0 Å². The van der Waals surface area contributed by atoms with Crippen LogP contribution in [0.15, 0.2) is 29.8 Å². The van der Waals surface area contributed by atoms with Crippen LogP contribution in [0.1, 0.15) is 5.56 Å². The lowest BCUT2D eigenvalue weighted by Crippen LogP contribution is -2.12. The van der Waals surface area contributed by atoms with Gasteiger partial charge in [0, 0.05) is 5.02 Å². The molecule has 0 unspecified atom stereocenters. The van der Waals surface area contributed by atoms with Crippen LogP contribution in [0.4, 0.5) is 13.2 Å². The maximum Gasteiger partial charge on any atom is 0.419 e. The highest BCUT2D eigenvalue weighted by atomic mass is 35.5. The Morgan fingerprint density at radius 2 is 1.73 bits per heavy atom. The molecule has 0 amide bonds. The van der Waals surface area contributed by atoms with E-state index in [1.807, 2.05) is 0 Å². The Bertz CT molecular complexity index is 379. The van der Waals surface area contributed by atoms with Gasteiger partial charge in [-0.15, -0.1) is 0 Å². The highest BCUT2D eigenvalue weighted by Crippen LogP contribution is 2.26. The van der Waals surface area contributed by atoms with Crippen molar-refractivity contribution in [1.29, 1.82) is 0 Å². The largest absolute Gasteiger partial charge is 0.419 e. The predicted molar refractivity (Wildman–Crippen MR) is 51.5 cm³/mol. The zero-order valence-electron chi connectivity index (χ0n) is 7.38. The molecule has 0 aromatic heterocycles. The fourth-order valence-electron chi connectivity index (χ4n) is 0.921. The lowest BCUT2D eigenvalue weighted by atomic mass is 10.1. The number of aldehydes is 1. The monoisotopic (exact) mass is 234 g/mol. The molecule has 1 aromatic carbocycles. The third kappa shape index (κ3) is 3.40. The number of halogens is 4. The number of carbonyl (C=O) groups is 1. The van der Waals surface area contributed by atoms with Crippen LogP contribution in [0.2, 0.25) is 5.02 Å². The molecule has 0 atom stereocenters. The molecule has 1 nitrogen and oxygen atoms in total. The molecule has 0 N–H and O–H groups in total. The predicted octanol–water partition coefficient (Wildman–Crippen LogP) is 3.48. The van der Waals surface area contributed by atoms with E-state index >= 15 is 0 Å². The molecule has 15 heavy (non-hydrogen) atoms. The fraction of sp³-hybridized carbons (Fsp3) is 0.100. The van der Waals surface area contributed by atoms with Crippen molar-refractivity contribution < 1.29 is 18.0 Å². The Balaban J connectivity index is 3.04. The summed E-state index contributed by atoms with van der Waals surface area (Å²) in [5.74, 6) is 0. The van der Waals surface area contributed by atoms with Crippen LogP contribution < -0.4 is 0 Å². The smallest absolute Gasteiger partial charge is 0.298 e. The van der Waals surface area contributed by atoms with Gasteiger partial charge < -0.3 is 0 Å². The standard InChI is InChI=1S/C10H6ClF3O/c11-9-3-1-7(2-4-9)5-8(6-15)10(12,13)14/h1-6H/b8-5+. The summed E-state index contributed by atoms with van der Waals surface area (Å²) in [5.41, 5.74) is -0.941. The molecule has 1 rings (SSSR count). The van der Waals surface area contributed by atoms with E-state index in [4.69, 9.17) is 11.6 Å². The number of hydrogen-bond donors (Lipinski definition) is 0. The number of alkyl halides is 3. The first-order valence-electron chi connectivity index (χ1n) is 3.93. The zero-order chi connectivity index (χ0) is 11.5. The molecule has 5 heteroatoms. The van der Waals surface area contributed by atoms with Gasteiger partial charge in [0.05, 0.1) is 5.57 Å². The van der Waals surface area contributed by atoms with Crippen LogP contribution >= 0.6 is 11.6 Å². The van der Waals surface area contributed by atoms with Crippen molar-refractivity contribution >= 4 is 24.0 Å². The summed E-state index contributed by atoms with van der Waals surface area (Å²) in [4.78, 5) is 10.2. The molecule has 0 heterocycles. The number of hydrogen-bond acceptors (Lipinski definition) is 1. The number of allylic oxidation sites excluding steroid dienone is 1. The van der Waals surface area contributed by atoms with Gasteiger partial charge in [0.1, 0.15) is 0 Å². The van der Waals surface area contributed by atoms with Crippen molar-refractivity contribution in [2.24, 2.45) is 0 Å². The molecule has 0 aliphatic carbocycles. The van der Waals surface area contributed by atoms with Gasteiger partial charge in [-0.2, -0.15) is 13.2 Å². The average Bonchev–Trinajstić information content (AvgIpc) is 2.15. The fourth-order valence-corrected chi connectivity index (χ4v) is 1.05. The average molecular weight is 235 g/mol. The second-order valence-corrected chi connectivity index (χ2v) is 3.20. The summed E-state index contributed by atoms with van der Waals surface area (Å²) in [6.45, 7) is 0. The summed E-state index contributed by atoms with van der Waals surface area (Å²) in [6.07, 6.45) is -4.07. The molecule has 0 spiro atoms. The maximum absolute atomic E-state index is 12.2. The van der Waals surface area contributed by atoms with Gasteiger partial charge in [0.15, 0.2) is 6.29 Å². The van der Waals surface area contributed by atoms with E-state index < -0.39 is 11.7 Å². The third-order valence-corrected chi connectivity index (χ3v) is 1.90. The minimum absolute atomic E-state index is 0.214. The molecule has 0 aliphatic heterocycles. The van der Waals surface area contributed by atoms with Gasteiger partial charge >= 0.3 is 6.18 Å². The zero-order valence-corrected chi connectivity index (χ0v) is 8.14. The summed E-state index contributed by atoms with van der Waals surface area (Å²) in [6, 6.07) is 5.70. The molecule has 80 valence electrons. The summed E-state index contributed by atoms with van der Waals surface area (Å²) < 4.78 is 36.5. The molecule has 1 aromatic rings. The van der Waals surface area contributed by atoms with E-state index in [0.717, 1.165) is 6.08 Å². The summed E-state index contributed by atoms with van der Waals surface area (Å²) in [5, 5.41) is 0.423. The quantitative estimate of drug-likeness (QED) is 0.566. The second kappa shape index (κ2) is 4.49. The second-order valence-electron chi connectivity index (χ2n) is 2.77. The van der Waals surface area contributed by atoms with E-state index in [9.17, 15) is 18.0 Å². The third-order valence-electron chi connectivity index (χ3n) is 1.65. The summed E-state index contributed by atoms with van der Waals surface area (Å²) in [7, 11) is 0. The van der Waals surface area contributed by atoms with Gasteiger partial charge in [-0.25, -0.2) is 0 Å². The normalized spacial score (nSPS) is 12.7. The molecular formula is C10H6ClF3O. The Morgan fingerprint density at radius 1 is 1.20 bits per heavy atom. The SMILES string of the molecule is O=C/C(=C\c1ccc(Cl)cc1)C(F)(F)F. The lowest BCUT2D eigenvalue weighted by molar-refractivity contribution is -0.118. The number of carbonyl (C=O) groups excluding carboxylic acids is 1. The van der Waals surface area contributed by atoms with Crippen LogP contribution in [0.5, 0.6) is 0 Å². The van der Waals surface area contributed by atoms with Crippen LogP contribution in [0, 0.1) is 0 Å². The Hall–Kier alpha value is -1.29. The van der Waals surface area contributed by atoms with E-state index in [1.165, 1.54) is 24.3 Å². The molecule has 0 bridgehead atoms. The van der Waals surface area contributed by atoms with Crippen LogP contribution in [0.25, 0.3) is 6.08 Å². The molecule has 0 saturated carbocycles. The summed E-state index contributed by atoms with van der Waals surface area (Å²) >= 11 is 5.56. The van der Waals surface area contributed by atoms with E-state index in [0.29, 0.717) is 5.02 Å².